The van der Waals surface area contributed by atoms with Gasteiger partial charge in [0.2, 0.25) is 0 Å². The lowest BCUT2D eigenvalue weighted by molar-refractivity contribution is -0.336. The van der Waals surface area contributed by atoms with Gasteiger partial charge in [0.15, 0.2) is 18.9 Å². The normalized spacial score (nSPS) is 53.9. The van der Waals surface area contributed by atoms with E-state index in [1.165, 1.54) is 6.08 Å². The second kappa shape index (κ2) is 15.9. The van der Waals surface area contributed by atoms with Crippen LogP contribution in [0.15, 0.2) is 11.6 Å². The summed E-state index contributed by atoms with van der Waals surface area (Å²) in [6, 6.07) is 0. The van der Waals surface area contributed by atoms with Crippen LogP contribution in [-0.2, 0) is 47.5 Å². The van der Waals surface area contributed by atoms with Gasteiger partial charge in [-0.25, -0.2) is 4.79 Å². The summed E-state index contributed by atoms with van der Waals surface area (Å²) >= 11 is 0. The fourth-order valence-corrected chi connectivity index (χ4v) is 13.0. The summed E-state index contributed by atoms with van der Waals surface area (Å²) in [7, 11) is 0. The Labute approximate surface area is 334 Å². The molecule has 4 heterocycles. The summed E-state index contributed by atoms with van der Waals surface area (Å²) in [5, 5.41) is 55.2. The molecule has 5 N–H and O–H groups in total. The Bertz CT molecular complexity index is 1470. The number of rotatable bonds is 9. The Morgan fingerprint density at radius 1 is 0.754 bits per heavy atom. The number of hydrogen-bond donors (Lipinski definition) is 5. The monoisotopic (exact) mass is 808 g/mol. The highest BCUT2D eigenvalue weighted by molar-refractivity contribution is 5.85. The highest BCUT2D eigenvalue weighted by Crippen LogP contribution is 2.70. The molecule has 7 fully saturated rings. The van der Waals surface area contributed by atoms with Crippen molar-refractivity contribution in [1.82, 2.24) is 0 Å². The third kappa shape index (κ3) is 7.42. The number of esters is 1. The van der Waals surface area contributed by atoms with Crippen molar-refractivity contribution < 1.29 is 73.0 Å². The first-order valence-corrected chi connectivity index (χ1v) is 21.4. The molecule has 8 aliphatic rings. The van der Waals surface area contributed by atoms with Crippen LogP contribution in [0.4, 0.5) is 0 Å². The lowest BCUT2D eigenvalue weighted by Gasteiger charge is -2.63. The Morgan fingerprint density at radius 2 is 1.37 bits per heavy atom. The largest absolute Gasteiger partial charge is 0.464 e. The third-order valence-electron chi connectivity index (χ3n) is 16.0. The standard InChI is InChI=1S/C42H64O15/c1-20-37(48)28(44)14-34(52-20)56-39-22(3)54-35(16-30(39)46)57-38-21(2)53-33(15-29(38)45)55-25-8-10-40(4)24(13-25)6-7-27-26(40)9-11-41(5)36(23-12-32(47)50-18-23)31(51-19-43)17-42(27,41)49/h12,19-22,24-31,33-39,44-46,48-49H,6-11,13-18H2,1-5H3/t20-,21-,22-,24-,25+,26+,27-,28+,29+,30+,31+,33+,34+,35+,36+,37-,38-,39-,40+,41-,42+/m1/s1. The van der Waals surface area contributed by atoms with Crippen molar-refractivity contribution in [2.45, 2.75) is 197 Å². The summed E-state index contributed by atoms with van der Waals surface area (Å²) < 4.78 is 47.8. The lowest BCUT2D eigenvalue weighted by atomic mass is 9.43. The minimum Gasteiger partial charge on any atom is -0.464 e. The van der Waals surface area contributed by atoms with E-state index < -0.39 is 90.9 Å². The van der Waals surface area contributed by atoms with Crippen LogP contribution in [0.1, 0.15) is 105 Å². The molecule has 57 heavy (non-hydrogen) atoms. The Morgan fingerprint density at radius 3 is 1.95 bits per heavy atom. The van der Waals surface area contributed by atoms with Crippen molar-refractivity contribution in [3.63, 3.8) is 0 Å². The first kappa shape index (κ1) is 42.0. The molecule has 8 rings (SSSR count). The molecular weight excluding hydrogens is 744 g/mol. The topological polar surface area (TPSA) is 209 Å². The molecule has 0 unspecified atom stereocenters. The number of cyclic esters (lactones) is 1. The summed E-state index contributed by atoms with van der Waals surface area (Å²) in [6.45, 7) is 10.4. The van der Waals surface area contributed by atoms with Gasteiger partial charge in [0.25, 0.3) is 6.47 Å². The zero-order chi connectivity index (χ0) is 40.6. The van der Waals surface area contributed by atoms with Gasteiger partial charge in [-0.2, -0.15) is 0 Å². The van der Waals surface area contributed by atoms with Crippen LogP contribution in [0.2, 0.25) is 0 Å². The van der Waals surface area contributed by atoms with E-state index in [4.69, 9.17) is 37.9 Å². The Kier molecular flexibility index (Phi) is 11.7. The number of fused-ring (bicyclic) bond motifs is 5. The molecule has 21 atom stereocenters. The molecule has 15 heteroatoms. The van der Waals surface area contributed by atoms with Gasteiger partial charge >= 0.3 is 5.97 Å². The van der Waals surface area contributed by atoms with E-state index in [1.54, 1.807) is 13.8 Å². The van der Waals surface area contributed by atoms with E-state index in [0.717, 1.165) is 50.5 Å². The first-order chi connectivity index (χ1) is 27.0. The molecule has 3 saturated heterocycles. The highest BCUT2D eigenvalue weighted by atomic mass is 16.7. The van der Waals surface area contributed by atoms with E-state index in [9.17, 15) is 35.1 Å². The molecule has 4 aliphatic heterocycles. The van der Waals surface area contributed by atoms with Crippen molar-refractivity contribution in [2.75, 3.05) is 6.61 Å². The maximum absolute atomic E-state index is 12.8. The smallest absolute Gasteiger partial charge is 0.331 e. The number of aliphatic hydroxyl groups is 5. The van der Waals surface area contributed by atoms with Crippen LogP contribution in [0.3, 0.4) is 0 Å². The van der Waals surface area contributed by atoms with E-state index >= 15 is 0 Å². The van der Waals surface area contributed by atoms with Crippen molar-refractivity contribution in [2.24, 2.45) is 34.5 Å². The zero-order valence-corrected chi connectivity index (χ0v) is 33.9. The van der Waals surface area contributed by atoms with Gasteiger partial charge < -0.3 is 63.4 Å². The molecule has 322 valence electrons. The predicted molar refractivity (Wildman–Crippen MR) is 198 cm³/mol. The van der Waals surface area contributed by atoms with E-state index in [-0.39, 0.29) is 55.2 Å². The van der Waals surface area contributed by atoms with Crippen molar-refractivity contribution in [3.8, 4) is 0 Å². The van der Waals surface area contributed by atoms with Crippen molar-refractivity contribution in [3.05, 3.63) is 11.6 Å². The van der Waals surface area contributed by atoms with Gasteiger partial charge in [0.1, 0.15) is 31.0 Å². The fourth-order valence-electron chi connectivity index (χ4n) is 13.0. The highest BCUT2D eigenvalue weighted by Gasteiger charge is 2.71. The summed E-state index contributed by atoms with van der Waals surface area (Å²) in [6.07, 6.45) is -1.35. The van der Waals surface area contributed by atoms with Gasteiger partial charge in [0, 0.05) is 43.1 Å². The summed E-state index contributed by atoms with van der Waals surface area (Å²) in [5.41, 5.74) is -0.790. The lowest BCUT2D eigenvalue weighted by Crippen LogP contribution is -2.62. The number of hydrogen-bond acceptors (Lipinski definition) is 15. The van der Waals surface area contributed by atoms with Crippen LogP contribution < -0.4 is 0 Å². The molecular formula is C42H64O15. The molecule has 0 radical (unpaired) electrons. The third-order valence-corrected chi connectivity index (χ3v) is 16.0. The zero-order valence-electron chi connectivity index (χ0n) is 33.9. The molecule has 15 nitrogen and oxygen atoms in total. The average Bonchev–Trinajstić information content (AvgIpc) is 3.67. The SMILES string of the molecule is C[C@H]1O[C@@H](O[C@H]2[C@@H](O)C[C@H](O[C@H]3[C@@H](O)C[C@H](O[C@H]4CC[C@@]5(C)[C@H](CC[C@@H]6[C@@H]5CC[C@]5(C)[C@@H](C7=CC(=O)OC7)[C@@H](OC=O)C[C@]65O)C4)O[C@@H]3C)O[C@@H]2C)C[C@H](O)[C@@H]1O. The quantitative estimate of drug-likeness (QED) is 0.129. The van der Waals surface area contributed by atoms with Gasteiger partial charge in [-0.1, -0.05) is 13.8 Å². The molecule has 0 bridgehead atoms. The van der Waals surface area contributed by atoms with Crippen LogP contribution >= 0.6 is 0 Å². The molecule has 0 aromatic carbocycles. The van der Waals surface area contributed by atoms with Crippen LogP contribution in [0, 0.1) is 34.5 Å². The maximum Gasteiger partial charge on any atom is 0.331 e. The van der Waals surface area contributed by atoms with Crippen LogP contribution in [-0.4, -0.2) is 136 Å². The van der Waals surface area contributed by atoms with Crippen LogP contribution in [0.25, 0.3) is 0 Å². The molecule has 0 spiro atoms. The predicted octanol–water partition coefficient (Wildman–Crippen LogP) is 2.40. The second-order valence-corrected chi connectivity index (χ2v) is 19.1. The fraction of sp³-hybridized carbons (Fsp3) is 0.905. The van der Waals surface area contributed by atoms with E-state index in [1.807, 2.05) is 6.92 Å². The van der Waals surface area contributed by atoms with Gasteiger partial charge in [-0.05, 0) is 94.5 Å². The molecule has 0 amide bonds. The first-order valence-electron chi connectivity index (χ1n) is 21.4. The maximum atomic E-state index is 12.8. The molecule has 0 aromatic heterocycles. The molecule has 4 aliphatic carbocycles. The molecule has 0 aromatic rings. The Hall–Kier alpha value is -1.76. The van der Waals surface area contributed by atoms with Crippen molar-refractivity contribution in [1.29, 1.82) is 0 Å². The van der Waals surface area contributed by atoms with Crippen LogP contribution in [0.5, 0.6) is 0 Å². The van der Waals surface area contributed by atoms with E-state index in [2.05, 4.69) is 13.8 Å². The number of ether oxygens (including phenoxy) is 8. The Balaban J connectivity index is 0.844. The second-order valence-electron chi connectivity index (χ2n) is 19.1. The minimum atomic E-state index is -1.05. The summed E-state index contributed by atoms with van der Waals surface area (Å²) in [5.74, 6) is 0.0703. The van der Waals surface area contributed by atoms with Crippen molar-refractivity contribution >= 4 is 12.4 Å². The van der Waals surface area contributed by atoms with E-state index in [0.29, 0.717) is 24.7 Å². The minimum absolute atomic E-state index is 0.00114. The van der Waals surface area contributed by atoms with Gasteiger partial charge in [-0.3, -0.25) is 4.79 Å². The van der Waals surface area contributed by atoms with Gasteiger partial charge in [0.05, 0.1) is 48.3 Å². The number of carbonyl (C=O) groups excluding carboxylic acids is 2. The summed E-state index contributed by atoms with van der Waals surface area (Å²) in [4.78, 5) is 23.7. The molecule has 4 saturated carbocycles. The number of aliphatic hydroxyl groups excluding tert-OH is 4. The average molecular weight is 809 g/mol. The van der Waals surface area contributed by atoms with Gasteiger partial charge in [-0.15, -0.1) is 0 Å². The number of carbonyl (C=O) groups is 2.